The van der Waals surface area contributed by atoms with Gasteiger partial charge in [-0.05, 0) is 18.2 Å². The van der Waals surface area contributed by atoms with Crippen molar-refractivity contribution in [3.05, 3.63) is 34.1 Å². The van der Waals surface area contributed by atoms with E-state index in [0.717, 1.165) is 0 Å². The summed E-state index contributed by atoms with van der Waals surface area (Å²) in [6, 6.07) is 4.29. The average molecular weight is 233 g/mol. The molecule has 0 unspecified atom stereocenters. The van der Waals surface area contributed by atoms with E-state index in [0.29, 0.717) is 10.8 Å². The van der Waals surface area contributed by atoms with Crippen LogP contribution in [-0.4, -0.2) is 6.29 Å². The summed E-state index contributed by atoms with van der Waals surface area (Å²) in [5, 5.41) is 0. The first-order valence-corrected chi connectivity index (χ1v) is 4.43. The normalized spacial score (nSPS) is 8.33. The van der Waals surface area contributed by atoms with Crippen molar-refractivity contribution in [3.63, 3.8) is 0 Å². The van der Waals surface area contributed by atoms with Gasteiger partial charge in [0.2, 0.25) is 0 Å². The molecule has 0 aliphatic heterocycles. The molecule has 3 heteroatoms. The third kappa shape index (κ3) is 3.13. The fraction of sp³-hybridized carbons (Fsp3) is 0.222. The first-order valence-electron chi connectivity index (χ1n) is 3.64. The van der Waals surface area contributed by atoms with Gasteiger partial charge in [-0.25, -0.2) is 4.39 Å². The molecule has 0 bridgehead atoms. The second-order valence-electron chi connectivity index (χ2n) is 1.78. The number of halogens is 2. The molecule has 0 atom stereocenters. The molecule has 0 aliphatic rings. The quantitative estimate of drug-likeness (QED) is 0.679. The third-order valence-corrected chi connectivity index (χ3v) is 1.58. The average Bonchev–Trinajstić information content (AvgIpc) is 2.08. The van der Waals surface area contributed by atoms with E-state index in [1.165, 1.54) is 12.1 Å². The smallest absolute Gasteiger partial charge is 0.152 e. The van der Waals surface area contributed by atoms with Gasteiger partial charge in [0, 0.05) is 4.47 Å². The summed E-state index contributed by atoms with van der Waals surface area (Å²) < 4.78 is 13.2. The SMILES string of the molecule is CC.O=Cc1ccc(Br)cc1F. The van der Waals surface area contributed by atoms with Crippen LogP contribution in [0.4, 0.5) is 4.39 Å². The van der Waals surface area contributed by atoms with Crippen LogP contribution in [0.3, 0.4) is 0 Å². The van der Waals surface area contributed by atoms with Crippen molar-refractivity contribution >= 4 is 22.2 Å². The molecule has 0 N–H and O–H groups in total. The summed E-state index contributed by atoms with van der Waals surface area (Å²) in [7, 11) is 0. The molecule has 1 rings (SSSR count). The van der Waals surface area contributed by atoms with Crippen LogP contribution in [0.25, 0.3) is 0 Å². The number of aldehydes is 1. The lowest BCUT2D eigenvalue weighted by atomic mass is 10.2. The van der Waals surface area contributed by atoms with Crippen LogP contribution in [0.5, 0.6) is 0 Å². The maximum atomic E-state index is 12.6. The Morgan fingerprint density at radius 3 is 2.42 bits per heavy atom. The van der Waals surface area contributed by atoms with E-state index in [2.05, 4.69) is 15.9 Å². The number of hydrogen-bond acceptors (Lipinski definition) is 1. The summed E-state index contributed by atoms with van der Waals surface area (Å²) in [5.41, 5.74) is 0.0863. The molecular formula is C9H10BrFO. The van der Waals surface area contributed by atoms with Crippen molar-refractivity contribution in [1.29, 1.82) is 0 Å². The van der Waals surface area contributed by atoms with Crippen molar-refractivity contribution in [2.75, 3.05) is 0 Å². The predicted octanol–water partition coefficient (Wildman–Crippen LogP) is 3.43. The lowest BCUT2D eigenvalue weighted by molar-refractivity contribution is 0.112. The van der Waals surface area contributed by atoms with Crippen LogP contribution in [0.15, 0.2) is 22.7 Å². The van der Waals surface area contributed by atoms with Gasteiger partial charge in [-0.2, -0.15) is 0 Å². The Balaban J connectivity index is 0.000000561. The van der Waals surface area contributed by atoms with Crippen molar-refractivity contribution in [2.24, 2.45) is 0 Å². The summed E-state index contributed by atoms with van der Waals surface area (Å²) in [6.07, 6.45) is 0.488. The minimum absolute atomic E-state index is 0.0863. The number of carbonyl (C=O) groups excluding carboxylic acids is 1. The molecule has 0 aliphatic carbocycles. The van der Waals surface area contributed by atoms with Gasteiger partial charge in [0.05, 0.1) is 5.56 Å². The lowest BCUT2D eigenvalue weighted by Crippen LogP contribution is -1.85. The van der Waals surface area contributed by atoms with Gasteiger partial charge in [0.1, 0.15) is 5.82 Å². The molecule has 0 heterocycles. The van der Waals surface area contributed by atoms with Crippen LogP contribution in [0.2, 0.25) is 0 Å². The van der Waals surface area contributed by atoms with E-state index < -0.39 is 5.82 Å². The van der Waals surface area contributed by atoms with E-state index in [4.69, 9.17) is 0 Å². The lowest BCUT2D eigenvalue weighted by Gasteiger charge is -1.92. The van der Waals surface area contributed by atoms with Gasteiger partial charge < -0.3 is 0 Å². The van der Waals surface area contributed by atoms with Crippen molar-refractivity contribution in [3.8, 4) is 0 Å². The van der Waals surface area contributed by atoms with E-state index in [-0.39, 0.29) is 5.56 Å². The molecule has 1 nitrogen and oxygen atoms in total. The molecule has 0 radical (unpaired) electrons. The second-order valence-corrected chi connectivity index (χ2v) is 2.70. The number of benzene rings is 1. The van der Waals surface area contributed by atoms with E-state index in [1.807, 2.05) is 13.8 Å². The van der Waals surface area contributed by atoms with Crippen LogP contribution in [0, 0.1) is 5.82 Å². The maximum Gasteiger partial charge on any atom is 0.152 e. The second kappa shape index (κ2) is 5.89. The Kier molecular flexibility index (Phi) is 5.54. The summed E-state index contributed by atoms with van der Waals surface area (Å²) in [6.45, 7) is 4.00. The molecular weight excluding hydrogens is 223 g/mol. The van der Waals surface area contributed by atoms with Gasteiger partial charge in [-0.15, -0.1) is 0 Å². The fourth-order valence-corrected chi connectivity index (χ4v) is 0.930. The zero-order chi connectivity index (χ0) is 9.56. The van der Waals surface area contributed by atoms with Gasteiger partial charge in [0.25, 0.3) is 0 Å². The van der Waals surface area contributed by atoms with Gasteiger partial charge in [-0.1, -0.05) is 29.8 Å². The Morgan fingerprint density at radius 2 is 2.00 bits per heavy atom. The highest BCUT2D eigenvalue weighted by Gasteiger charge is 1.98. The van der Waals surface area contributed by atoms with E-state index >= 15 is 0 Å². The largest absolute Gasteiger partial charge is 0.298 e. The minimum atomic E-state index is -0.496. The highest BCUT2D eigenvalue weighted by Crippen LogP contribution is 2.13. The minimum Gasteiger partial charge on any atom is -0.298 e. The Morgan fingerprint density at radius 1 is 1.42 bits per heavy atom. The van der Waals surface area contributed by atoms with Gasteiger partial charge in [-0.3, -0.25) is 4.79 Å². The molecule has 0 amide bonds. The Labute approximate surface area is 79.7 Å². The first kappa shape index (κ1) is 11.3. The van der Waals surface area contributed by atoms with Crippen LogP contribution < -0.4 is 0 Å². The predicted molar refractivity (Wildman–Crippen MR) is 50.8 cm³/mol. The third-order valence-electron chi connectivity index (χ3n) is 1.09. The van der Waals surface area contributed by atoms with E-state index in [1.54, 1.807) is 6.07 Å². The maximum absolute atomic E-state index is 12.6. The van der Waals surface area contributed by atoms with Gasteiger partial charge >= 0.3 is 0 Å². The Hall–Kier alpha value is -0.700. The molecule has 0 saturated heterocycles. The van der Waals surface area contributed by atoms with Crippen LogP contribution in [0.1, 0.15) is 24.2 Å². The highest BCUT2D eigenvalue weighted by molar-refractivity contribution is 9.10. The molecule has 0 saturated carbocycles. The van der Waals surface area contributed by atoms with Crippen molar-refractivity contribution in [2.45, 2.75) is 13.8 Å². The zero-order valence-electron chi connectivity index (χ0n) is 6.97. The standard InChI is InChI=1S/C7H4BrFO.C2H6/c8-6-2-1-5(4-10)7(9)3-6;1-2/h1-4H;1-2H3. The molecule has 0 aromatic heterocycles. The fourth-order valence-electron chi connectivity index (χ4n) is 0.597. The first-order chi connectivity index (χ1) is 5.74. The molecule has 1 aromatic carbocycles. The molecule has 1 aromatic rings. The van der Waals surface area contributed by atoms with E-state index in [9.17, 15) is 9.18 Å². The van der Waals surface area contributed by atoms with Gasteiger partial charge in [0.15, 0.2) is 6.29 Å². The Bertz CT molecular complexity index is 261. The van der Waals surface area contributed by atoms with Crippen LogP contribution in [-0.2, 0) is 0 Å². The van der Waals surface area contributed by atoms with Crippen molar-refractivity contribution < 1.29 is 9.18 Å². The molecule has 0 spiro atoms. The molecule has 66 valence electrons. The topological polar surface area (TPSA) is 17.1 Å². The molecule has 0 fully saturated rings. The summed E-state index contributed by atoms with van der Waals surface area (Å²) in [5.74, 6) is -0.496. The van der Waals surface area contributed by atoms with Crippen molar-refractivity contribution in [1.82, 2.24) is 0 Å². The number of hydrogen-bond donors (Lipinski definition) is 0. The monoisotopic (exact) mass is 232 g/mol. The number of rotatable bonds is 1. The number of carbonyl (C=O) groups is 1. The summed E-state index contributed by atoms with van der Waals surface area (Å²) in [4.78, 5) is 10.1. The zero-order valence-corrected chi connectivity index (χ0v) is 8.56. The van der Waals surface area contributed by atoms with Crippen LogP contribution >= 0.6 is 15.9 Å². The summed E-state index contributed by atoms with van der Waals surface area (Å²) >= 11 is 3.07. The molecule has 12 heavy (non-hydrogen) atoms. The highest BCUT2D eigenvalue weighted by atomic mass is 79.9.